The van der Waals surface area contributed by atoms with Crippen molar-refractivity contribution in [1.29, 1.82) is 0 Å². The molecule has 190 valence electrons. The molecule has 0 aliphatic heterocycles. The smallest absolute Gasteiger partial charge is 0.391 e. The summed E-state index contributed by atoms with van der Waals surface area (Å²) in [6.45, 7) is 3.89. The van der Waals surface area contributed by atoms with Crippen molar-refractivity contribution < 1.29 is 9.53 Å². The van der Waals surface area contributed by atoms with Crippen molar-refractivity contribution in [2.24, 2.45) is 7.05 Å². The van der Waals surface area contributed by atoms with E-state index in [0.29, 0.717) is 15.6 Å². The number of pyridine rings is 1. The molecular formula is C30H24Cl2N4O2. The van der Waals surface area contributed by atoms with Gasteiger partial charge in [-0.1, -0.05) is 59.6 Å². The number of aryl methyl sites for hydroxylation is 1. The summed E-state index contributed by atoms with van der Waals surface area (Å²) in [6.07, 6.45) is 4.63. The van der Waals surface area contributed by atoms with Crippen LogP contribution in [0.25, 0.3) is 22.0 Å². The minimum absolute atomic E-state index is 0.100. The Morgan fingerprint density at radius 3 is 2.55 bits per heavy atom. The Morgan fingerprint density at radius 2 is 1.84 bits per heavy atom. The number of fused-ring (bicyclic) bond motifs is 1. The molecule has 5 aromatic rings. The van der Waals surface area contributed by atoms with Gasteiger partial charge in [0.1, 0.15) is 0 Å². The highest BCUT2D eigenvalue weighted by Crippen LogP contribution is 2.37. The minimum Gasteiger partial charge on any atom is -0.391 e. The second kappa shape index (κ2) is 11.1. The van der Waals surface area contributed by atoms with E-state index in [1.165, 1.54) is 0 Å². The predicted octanol–water partition coefficient (Wildman–Crippen LogP) is 7.40. The zero-order chi connectivity index (χ0) is 26.6. The molecule has 0 saturated heterocycles. The maximum Gasteiger partial charge on any atom is 0.414 e. The molecule has 2 aromatic heterocycles. The number of carbonyl (C=O) groups excluding carboxylic acids is 1. The zero-order valence-corrected chi connectivity index (χ0v) is 22.1. The number of aromatic nitrogens is 3. The van der Waals surface area contributed by atoms with Gasteiger partial charge >= 0.3 is 6.09 Å². The van der Waals surface area contributed by atoms with Gasteiger partial charge in [0.25, 0.3) is 0 Å². The van der Waals surface area contributed by atoms with Crippen molar-refractivity contribution in [1.82, 2.24) is 19.9 Å². The van der Waals surface area contributed by atoms with Crippen LogP contribution in [0.15, 0.2) is 98.0 Å². The van der Waals surface area contributed by atoms with Crippen molar-refractivity contribution in [3.8, 4) is 17.0 Å². The highest BCUT2D eigenvalue weighted by atomic mass is 35.5. The van der Waals surface area contributed by atoms with Gasteiger partial charge in [0.2, 0.25) is 5.88 Å². The number of ether oxygens (including phenoxy) is 1. The fourth-order valence-electron chi connectivity index (χ4n) is 4.47. The molecule has 0 fully saturated rings. The average Bonchev–Trinajstić information content (AvgIpc) is 3.33. The van der Waals surface area contributed by atoms with Gasteiger partial charge in [-0.05, 0) is 58.7 Å². The quantitative estimate of drug-likeness (QED) is 0.217. The fraction of sp³-hybridized carbons (Fsp3) is 0.100. The maximum atomic E-state index is 12.2. The van der Waals surface area contributed by atoms with E-state index >= 15 is 0 Å². The molecule has 0 aliphatic carbocycles. The number of nitrogens with one attached hydrogen (secondary N) is 1. The Labute approximate surface area is 230 Å². The van der Waals surface area contributed by atoms with Gasteiger partial charge in [-0.3, -0.25) is 0 Å². The summed E-state index contributed by atoms with van der Waals surface area (Å²) >= 11 is 12.5. The van der Waals surface area contributed by atoms with Crippen LogP contribution in [0.3, 0.4) is 0 Å². The van der Waals surface area contributed by atoms with Crippen LogP contribution in [0.2, 0.25) is 10.0 Å². The van der Waals surface area contributed by atoms with Crippen LogP contribution in [-0.4, -0.2) is 27.2 Å². The number of rotatable bonds is 7. The normalized spacial score (nSPS) is 11.8. The summed E-state index contributed by atoms with van der Waals surface area (Å²) in [7, 11) is 1.98. The van der Waals surface area contributed by atoms with Gasteiger partial charge in [0.05, 0.1) is 17.8 Å². The predicted molar refractivity (Wildman–Crippen MR) is 152 cm³/mol. The number of imidazole rings is 1. The monoisotopic (exact) mass is 542 g/mol. The van der Waals surface area contributed by atoms with E-state index in [0.717, 1.165) is 33.3 Å². The number of amides is 1. The summed E-state index contributed by atoms with van der Waals surface area (Å²) in [5.74, 6) is 0.0830. The molecule has 0 bridgehead atoms. The molecule has 1 amide bonds. The van der Waals surface area contributed by atoms with Crippen LogP contribution in [0.5, 0.6) is 5.88 Å². The molecule has 6 nitrogen and oxygen atoms in total. The lowest BCUT2D eigenvalue weighted by Crippen LogP contribution is -2.27. The third kappa shape index (κ3) is 5.42. The zero-order valence-electron chi connectivity index (χ0n) is 20.6. The van der Waals surface area contributed by atoms with E-state index in [1.807, 2.05) is 78.5 Å². The third-order valence-electron chi connectivity index (χ3n) is 6.22. The first-order valence-corrected chi connectivity index (χ1v) is 12.7. The molecule has 0 spiro atoms. The van der Waals surface area contributed by atoms with Crippen molar-refractivity contribution in [2.75, 3.05) is 6.54 Å². The van der Waals surface area contributed by atoms with Crippen LogP contribution in [-0.2, 0) is 7.05 Å². The first kappa shape index (κ1) is 25.5. The first-order chi connectivity index (χ1) is 18.4. The standard InChI is InChI=1S/C30H24Cl2N4O2/c1-3-13-34-30(37)38-28-16-24(20-5-4-6-23(32)14-20)25-15-21(9-12-26(25)35-28)29(27-17-33-18-36(27)2)19-7-10-22(31)11-8-19/h3-12,14-18,29H,1,13H2,2H3,(H,34,37). The summed E-state index contributed by atoms with van der Waals surface area (Å²) in [4.78, 5) is 21.2. The lowest BCUT2D eigenvalue weighted by molar-refractivity contribution is 0.200. The fourth-order valence-corrected chi connectivity index (χ4v) is 4.78. The van der Waals surface area contributed by atoms with Crippen LogP contribution in [0.4, 0.5) is 4.79 Å². The summed E-state index contributed by atoms with van der Waals surface area (Å²) in [5, 5.41) is 4.77. The molecule has 0 saturated carbocycles. The van der Waals surface area contributed by atoms with Gasteiger partial charge in [-0.25, -0.2) is 14.8 Å². The Hall–Kier alpha value is -4.13. The van der Waals surface area contributed by atoms with Gasteiger partial charge in [0, 0.05) is 47.0 Å². The molecule has 0 radical (unpaired) electrons. The van der Waals surface area contributed by atoms with Crippen LogP contribution in [0.1, 0.15) is 22.7 Å². The lowest BCUT2D eigenvalue weighted by atomic mass is 9.87. The van der Waals surface area contributed by atoms with Crippen molar-refractivity contribution in [2.45, 2.75) is 5.92 Å². The topological polar surface area (TPSA) is 69.0 Å². The molecule has 1 atom stereocenters. The number of nitrogens with zero attached hydrogens (tertiary/aromatic N) is 3. The summed E-state index contributed by atoms with van der Waals surface area (Å²) < 4.78 is 7.50. The maximum absolute atomic E-state index is 12.2. The van der Waals surface area contributed by atoms with Gasteiger partial charge < -0.3 is 14.6 Å². The highest BCUT2D eigenvalue weighted by Gasteiger charge is 2.22. The van der Waals surface area contributed by atoms with Gasteiger partial charge in [-0.15, -0.1) is 6.58 Å². The largest absolute Gasteiger partial charge is 0.414 e. The van der Waals surface area contributed by atoms with Crippen LogP contribution < -0.4 is 10.1 Å². The Balaban J connectivity index is 1.68. The van der Waals surface area contributed by atoms with E-state index in [9.17, 15) is 4.79 Å². The van der Waals surface area contributed by atoms with Crippen molar-refractivity contribution in [3.63, 3.8) is 0 Å². The molecule has 5 rings (SSSR count). The van der Waals surface area contributed by atoms with E-state index in [2.05, 4.69) is 27.9 Å². The first-order valence-electron chi connectivity index (χ1n) is 11.9. The summed E-state index contributed by atoms with van der Waals surface area (Å²) in [5.41, 5.74) is 5.55. The Bertz CT molecular complexity index is 1630. The molecule has 2 heterocycles. The second-order valence-corrected chi connectivity index (χ2v) is 9.64. The molecule has 8 heteroatoms. The molecule has 1 N–H and O–H groups in total. The number of hydrogen-bond acceptors (Lipinski definition) is 4. The lowest BCUT2D eigenvalue weighted by Gasteiger charge is -2.20. The number of halogens is 2. The van der Waals surface area contributed by atoms with Gasteiger partial charge in [-0.2, -0.15) is 0 Å². The Kier molecular flexibility index (Phi) is 7.45. The van der Waals surface area contributed by atoms with Crippen molar-refractivity contribution in [3.05, 3.63) is 125 Å². The van der Waals surface area contributed by atoms with Crippen LogP contribution >= 0.6 is 23.2 Å². The van der Waals surface area contributed by atoms with Crippen molar-refractivity contribution >= 4 is 40.2 Å². The molecule has 1 unspecified atom stereocenters. The minimum atomic E-state index is -0.607. The molecule has 38 heavy (non-hydrogen) atoms. The summed E-state index contributed by atoms with van der Waals surface area (Å²) in [6, 6.07) is 23.2. The van der Waals surface area contributed by atoms with E-state index in [4.69, 9.17) is 27.9 Å². The van der Waals surface area contributed by atoms with E-state index in [-0.39, 0.29) is 18.3 Å². The van der Waals surface area contributed by atoms with E-state index in [1.54, 1.807) is 18.5 Å². The molecule has 3 aromatic carbocycles. The third-order valence-corrected chi connectivity index (χ3v) is 6.71. The van der Waals surface area contributed by atoms with Gasteiger partial charge in [0.15, 0.2) is 0 Å². The second-order valence-electron chi connectivity index (χ2n) is 8.77. The van der Waals surface area contributed by atoms with Crippen LogP contribution in [0, 0.1) is 0 Å². The Morgan fingerprint density at radius 1 is 1.05 bits per heavy atom. The SMILES string of the molecule is C=CCNC(=O)Oc1cc(-c2cccc(Cl)c2)c2cc(C(c3ccc(Cl)cc3)c3cncn3C)ccc2n1. The highest BCUT2D eigenvalue weighted by molar-refractivity contribution is 6.31. The number of benzene rings is 3. The molecular weight excluding hydrogens is 519 g/mol. The average molecular weight is 543 g/mol. The number of carbonyl (C=O) groups is 1. The van der Waals surface area contributed by atoms with E-state index < -0.39 is 6.09 Å². The molecule has 0 aliphatic rings. The number of hydrogen-bond donors (Lipinski definition) is 1.